The second-order valence-electron chi connectivity index (χ2n) is 4.46. The van der Waals surface area contributed by atoms with E-state index in [-0.39, 0.29) is 11.5 Å². The summed E-state index contributed by atoms with van der Waals surface area (Å²) in [6.07, 6.45) is 1.57. The van der Waals surface area contributed by atoms with Crippen LogP contribution in [0.15, 0.2) is 12.1 Å². The van der Waals surface area contributed by atoms with E-state index in [1.807, 2.05) is 0 Å². The summed E-state index contributed by atoms with van der Waals surface area (Å²) in [6.45, 7) is 1.62. The molecule has 0 bridgehead atoms. The predicted octanol–water partition coefficient (Wildman–Crippen LogP) is 1.79. The van der Waals surface area contributed by atoms with Crippen LogP contribution in [0.25, 0.3) is 0 Å². The van der Waals surface area contributed by atoms with Crippen LogP contribution < -0.4 is 10.6 Å². The molecule has 1 aliphatic rings. The molecule has 0 atom stereocenters. The quantitative estimate of drug-likeness (QED) is 0.845. The number of hydrogen-bond donors (Lipinski definition) is 2. The van der Waals surface area contributed by atoms with Gasteiger partial charge in [-0.05, 0) is 49.5 Å². The lowest BCUT2D eigenvalue weighted by molar-refractivity contribution is 0.0958. The van der Waals surface area contributed by atoms with Gasteiger partial charge >= 0.3 is 0 Å². The summed E-state index contributed by atoms with van der Waals surface area (Å²) < 4.78 is 27.7. The molecular formula is C13H16F2N2O. The minimum absolute atomic E-state index is 0.0273. The van der Waals surface area contributed by atoms with E-state index in [2.05, 4.69) is 10.6 Å². The number of carbonyl (C=O) groups excluding carboxylic acids is 1. The first-order valence-corrected chi connectivity index (χ1v) is 6.05. The van der Waals surface area contributed by atoms with Crippen molar-refractivity contribution in [3.05, 3.63) is 34.9 Å². The van der Waals surface area contributed by atoms with Crippen molar-refractivity contribution in [1.82, 2.24) is 10.6 Å². The average molecular weight is 254 g/mol. The van der Waals surface area contributed by atoms with Crippen LogP contribution in [-0.4, -0.2) is 26.0 Å². The number of amides is 1. The van der Waals surface area contributed by atoms with E-state index in [1.165, 1.54) is 7.05 Å². The molecule has 1 aromatic carbocycles. The number of rotatable bonds is 2. The van der Waals surface area contributed by atoms with Crippen molar-refractivity contribution >= 4 is 5.91 Å². The Kier molecular flexibility index (Phi) is 3.91. The first-order chi connectivity index (χ1) is 8.63. The highest BCUT2D eigenvalue weighted by Gasteiger charge is 2.22. The minimum atomic E-state index is -0.663. The van der Waals surface area contributed by atoms with Crippen LogP contribution in [-0.2, 0) is 0 Å². The highest BCUT2D eigenvalue weighted by molar-refractivity contribution is 5.94. The van der Waals surface area contributed by atoms with E-state index >= 15 is 0 Å². The molecule has 2 N–H and O–H groups in total. The molecule has 3 nitrogen and oxygen atoms in total. The normalized spacial score (nSPS) is 16.6. The molecular weight excluding hydrogens is 238 g/mol. The molecule has 2 rings (SSSR count). The fourth-order valence-corrected chi connectivity index (χ4v) is 2.32. The molecule has 1 fully saturated rings. The number of hydrogen-bond acceptors (Lipinski definition) is 2. The van der Waals surface area contributed by atoms with Gasteiger partial charge in [-0.15, -0.1) is 0 Å². The van der Waals surface area contributed by atoms with Gasteiger partial charge in [0.15, 0.2) is 0 Å². The first kappa shape index (κ1) is 13.0. The zero-order chi connectivity index (χ0) is 13.1. The molecule has 0 radical (unpaired) electrons. The number of carbonyl (C=O) groups is 1. The third kappa shape index (κ3) is 2.51. The molecule has 1 aliphatic heterocycles. The van der Waals surface area contributed by atoms with Gasteiger partial charge in [0.1, 0.15) is 11.6 Å². The van der Waals surface area contributed by atoms with Gasteiger partial charge in [-0.2, -0.15) is 0 Å². The van der Waals surface area contributed by atoms with E-state index in [9.17, 15) is 13.6 Å². The lowest BCUT2D eigenvalue weighted by Crippen LogP contribution is -2.27. The average Bonchev–Trinajstić information content (AvgIpc) is 2.41. The molecule has 0 aliphatic carbocycles. The van der Waals surface area contributed by atoms with Crippen LogP contribution in [0.1, 0.15) is 34.7 Å². The van der Waals surface area contributed by atoms with Crippen LogP contribution in [0, 0.1) is 11.6 Å². The molecule has 18 heavy (non-hydrogen) atoms. The van der Waals surface area contributed by atoms with E-state index in [1.54, 1.807) is 0 Å². The van der Waals surface area contributed by atoms with Crippen molar-refractivity contribution < 1.29 is 13.6 Å². The molecule has 0 unspecified atom stereocenters. The van der Waals surface area contributed by atoms with Gasteiger partial charge in [0.2, 0.25) is 0 Å². The Morgan fingerprint density at radius 2 is 1.94 bits per heavy atom. The van der Waals surface area contributed by atoms with Crippen LogP contribution in [0.4, 0.5) is 8.78 Å². The summed E-state index contributed by atoms with van der Waals surface area (Å²) in [5, 5.41) is 5.47. The van der Waals surface area contributed by atoms with Gasteiger partial charge in [-0.25, -0.2) is 8.78 Å². The zero-order valence-corrected chi connectivity index (χ0v) is 10.2. The van der Waals surface area contributed by atoms with Crippen LogP contribution in [0.2, 0.25) is 0 Å². The Morgan fingerprint density at radius 3 is 2.56 bits per heavy atom. The number of halogens is 2. The lowest BCUT2D eigenvalue weighted by atomic mass is 9.89. The second kappa shape index (κ2) is 5.44. The largest absolute Gasteiger partial charge is 0.355 e. The van der Waals surface area contributed by atoms with E-state index in [0.717, 1.165) is 38.1 Å². The smallest absolute Gasteiger partial charge is 0.254 e. The number of benzene rings is 1. The summed E-state index contributed by atoms with van der Waals surface area (Å²) in [6, 6.07) is 2.15. The Morgan fingerprint density at radius 1 is 1.28 bits per heavy atom. The van der Waals surface area contributed by atoms with Crippen molar-refractivity contribution in [1.29, 1.82) is 0 Å². The van der Waals surface area contributed by atoms with Gasteiger partial charge in [0.25, 0.3) is 5.91 Å². The van der Waals surface area contributed by atoms with Gasteiger partial charge in [-0.1, -0.05) is 0 Å². The van der Waals surface area contributed by atoms with Crippen molar-refractivity contribution in [3.8, 4) is 0 Å². The maximum atomic E-state index is 13.9. The van der Waals surface area contributed by atoms with E-state index in [0.29, 0.717) is 5.56 Å². The number of piperidine rings is 1. The standard InChI is InChI=1S/C13H16F2N2O/c1-16-13(18)10-7-11(14)9(6-12(10)15)8-2-4-17-5-3-8/h6-8,17H,2-5H2,1H3,(H,16,18). The predicted molar refractivity (Wildman–Crippen MR) is 64.6 cm³/mol. The Labute approximate surface area is 105 Å². The monoisotopic (exact) mass is 254 g/mol. The van der Waals surface area contributed by atoms with Crippen molar-refractivity contribution in [2.75, 3.05) is 20.1 Å². The topological polar surface area (TPSA) is 41.1 Å². The molecule has 98 valence electrons. The van der Waals surface area contributed by atoms with Crippen LogP contribution in [0.3, 0.4) is 0 Å². The Bertz CT molecular complexity index is 457. The van der Waals surface area contributed by atoms with Crippen molar-refractivity contribution in [3.63, 3.8) is 0 Å². The zero-order valence-electron chi connectivity index (χ0n) is 10.2. The summed E-state index contributed by atoms with van der Waals surface area (Å²) in [5.74, 6) is -1.74. The lowest BCUT2D eigenvalue weighted by Gasteiger charge is -2.23. The highest BCUT2D eigenvalue weighted by Crippen LogP contribution is 2.29. The van der Waals surface area contributed by atoms with Crippen LogP contribution in [0.5, 0.6) is 0 Å². The molecule has 1 aromatic rings. The maximum Gasteiger partial charge on any atom is 0.254 e. The molecule has 1 amide bonds. The molecule has 1 heterocycles. The highest BCUT2D eigenvalue weighted by atomic mass is 19.1. The third-order valence-electron chi connectivity index (χ3n) is 3.34. The van der Waals surface area contributed by atoms with Crippen molar-refractivity contribution in [2.24, 2.45) is 0 Å². The molecule has 0 spiro atoms. The van der Waals surface area contributed by atoms with Crippen molar-refractivity contribution in [2.45, 2.75) is 18.8 Å². The molecule has 0 aromatic heterocycles. The number of nitrogens with one attached hydrogen (secondary N) is 2. The summed E-state index contributed by atoms with van der Waals surface area (Å²) in [7, 11) is 1.39. The Hall–Kier alpha value is -1.49. The second-order valence-corrected chi connectivity index (χ2v) is 4.46. The SMILES string of the molecule is CNC(=O)c1cc(F)c(C2CCNCC2)cc1F. The van der Waals surface area contributed by atoms with E-state index < -0.39 is 17.5 Å². The minimum Gasteiger partial charge on any atom is -0.355 e. The molecule has 0 saturated carbocycles. The van der Waals surface area contributed by atoms with Gasteiger partial charge < -0.3 is 10.6 Å². The summed E-state index contributed by atoms with van der Waals surface area (Å²) in [4.78, 5) is 11.3. The third-order valence-corrected chi connectivity index (χ3v) is 3.34. The van der Waals surface area contributed by atoms with Gasteiger partial charge in [-0.3, -0.25) is 4.79 Å². The summed E-state index contributed by atoms with van der Waals surface area (Å²) >= 11 is 0. The van der Waals surface area contributed by atoms with Gasteiger partial charge in [0.05, 0.1) is 5.56 Å². The van der Waals surface area contributed by atoms with Crippen LogP contribution >= 0.6 is 0 Å². The first-order valence-electron chi connectivity index (χ1n) is 6.05. The van der Waals surface area contributed by atoms with Gasteiger partial charge in [0, 0.05) is 7.05 Å². The fourth-order valence-electron chi connectivity index (χ4n) is 2.32. The molecule has 5 heteroatoms. The van der Waals surface area contributed by atoms with E-state index in [4.69, 9.17) is 0 Å². The Balaban J connectivity index is 2.33. The molecule has 1 saturated heterocycles. The fraction of sp³-hybridized carbons (Fsp3) is 0.462. The maximum absolute atomic E-state index is 13.9. The summed E-state index contributed by atoms with van der Waals surface area (Å²) in [5.41, 5.74) is 0.134.